The first-order valence-electron chi connectivity index (χ1n) is 23.0. The second-order valence-corrected chi connectivity index (χ2v) is 18.1. The van der Waals surface area contributed by atoms with E-state index in [0.29, 0.717) is 11.9 Å². The Morgan fingerprint density at radius 3 is 1.62 bits per heavy atom. The van der Waals surface area contributed by atoms with Crippen LogP contribution in [0.5, 0.6) is 0 Å². The van der Waals surface area contributed by atoms with Crippen molar-refractivity contribution < 1.29 is 52.6 Å². The van der Waals surface area contributed by atoms with Crippen molar-refractivity contribution in [1.29, 1.82) is 0 Å². The van der Waals surface area contributed by atoms with Crippen molar-refractivity contribution in [3.8, 4) is 0 Å². The molecule has 0 spiro atoms. The van der Waals surface area contributed by atoms with Crippen LogP contribution in [0, 0.1) is 5.41 Å². The SMILES string of the molecule is CC(=O)OCBr.CC(=O)OCC1(C2=CCc3ccccc32)Cc2ccccc2C1=O.O=C1/C(=C2/CCc3ccccc32)Cc2ccccc21.[Li+].[O-]C1=C(C2=CCc3ccccc32)Cc2ccccc21. The van der Waals surface area contributed by atoms with Crippen LogP contribution in [0.15, 0.2) is 169 Å². The summed E-state index contributed by atoms with van der Waals surface area (Å²) in [6, 6.07) is 48.6. The van der Waals surface area contributed by atoms with Gasteiger partial charge >= 0.3 is 30.8 Å². The molecule has 0 bridgehead atoms. The topological polar surface area (TPSA) is 110 Å². The molecule has 0 aliphatic heterocycles. The minimum absolute atomic E-state index is 0. The van der Waals surface area contributed by atoms with Crippen LogP contribution in [-0.4, -0.2) is 35.6 Å². The Morgan fingerprint density at radius 2 is 1.03 bits per heavy atom. The predicted molar refractivity (Wildman–Crippen MR) is 269 cm³/mol. The Kier molecular flexibility index (Phi) is 15.1. The van der Waals surface area contributed by atoms with Gasteiger partial charge in [-0.05, 0) is 132 Å². The smallest absolute Gasteiger partial charge is 0.872 e. The molecule has 6 aromatic carbocycles. The number of allylic oxidation sites excluding steroid dienone is 6. The fourth-order valence-electron chi connectivity index (χ4n) is 10.4. The van der Waals surface area contributed by atoms with Gasteiger partial charge in [0.2, 0.25) is 0 Å². The summed E-state index contributed by atoms with van der Waals surface area (Å²) >= 11 is 2.91. The number of aryl methyl sites for hydroxylation is 1. The molecule has 7 nitrogen and oxygen atoms in total. The molecular formula is C60H50BrLiO7. The zero-order chi connectivity index (χ0) is 47.4. The van der Waals surface area contributed by atoms with Crippen LogP contribution in [0.4, 0.5) is 0 Å². The van der Waals surface area contributed by atoms with Gasteiger partial charge in [0.1, 0.15) is 12.1 Å². The van der Waals surface area contributed by atoms with Gasteiger partial charge in [-0.15, -0.1) is 0 Å². The molecule has 0 radical (unpaired) electrons. The van der Waals surface area contributed by atoms with Crippen molar-refractivity contribution in [2.24, 2.45) is 5.41 Å². The van der Waals surface area contributed by atoms with Crippen molar-refractivity contribution in [3.63, 3.8) is 0 Å². The maximum atomic E-state index is 13.3. The van der Waals surface area contributed by atoms with Crippen LogP contribution >= 0.6 is 15.9 Å². The summed E-state index contributed by atoms with van der Waals surface area (Å²) in [4.78, 5) is 47.1. The minimum atomic E-state index is -0.804. The zero-order valence-electron chi connectivity index (χ0n) is 39.1. The van der Waals surface area contributed by atoms with E-state index in [2.05, 4.69) is 99.5 Å². The van der Waals surface area contributed by atoms with Crippen LogP contribution in [0.3, 0.4) is 0 Å². The summed E-state index contributed by atoms with van der Waals surface area (Å²) in [6.07, 6.45) is 10.3. The van der Waals surface area contributed by atoms with Gasteiger partial charge in [0.15, 0.2) is 11.6 Å². The van der Waals surface area contributed by atoms with Gasteiger partial charge in [0.25, 0.3) is 0 Å². The average molecular weight is 970 g/mol. The fourth-order valence-corrected chi connectivity index (χ4v) is 10.8. The molecule has 0 amide bonds. The Morgan fingerprint density at radius 1 is 0.536 bits per heavy atom. The standard InChI is InChI=1S/C21H18O3.2C18H14O.C3H5BrO2.Li/c1-14(22)24-13-21(12-16-7-3-5-9-18(16)20(21)23)19-11-10-15-6-2-4-8-17(15)19;2*19-18-15-8-4-2-6-13(15)11-17(18)16-10-9-12-5-1-3-7-14(12)16;1-3(5)6-2-4;/h2-9,11H,10,12-13H2,1H3;1-8H,9-11H2;1-8,10,19H,9,11H2;2H2,1H3;/q;;;;+1/p-1/b;17-16-;;;. The second-order valence-electron chi connectivity index (χ2n) is 17.6. The van der Waals surface area contributed by atoms with E-state index in [-0.39, 0.29) is 54.7 Å². The number of carbonyl (C=O) groups is 4. The van der Waals surface area contributed by atoms with E-state index in [9.17, 15) is 24.3 Å². The molecule has 6 aromatic rings. The number of ether oxygens (including phenoxy) is 2. The molecule has 0 aromatic heterocycles. The maximum absolute atomic E-state index is 13.3. The number of Topliss-reactive ketones (excluding diaryl/α,β-unsaturated/α-hetero) is 2. The van der Waals surface area contributed by atoms with E-state index < -0.39 is 5.41 Å². The largest absolute Gasteiger partial charge is 1.00 e. The molecular weight excluding hydrogens is 919 g/mol. The van der Waals surface area contributed by atoms with Crippen LogP contribution in [0.2, 0.25) is 0 Å². The monoisotopic (exact) mass is 968 g/mol. The average Bonchev–Trinajstić information content (AvgIpc) is 4.23. The third-order valence-electron chi connectivity index (χ3n) is 13.6. The molecule has 9 heteroatoms. The van der Waals surface area contributed by atoms with Crippen LogP contribution in [-0.2, 0) is 57.6 Å². The molecule has 69 heavy (non-hydrogen) atoms. The first-order valence-corrected chi connectivity index (χ1v) is 24.1. The van der Waals surface area contributed by atoms with E-state index in [1.54, 1.807) is 0 Å². The number of hydrogen-bond acceptors (Lipinski definition) is 7. The maximum Gasteiger partial charge on any atom is 1.00 e. The molecule has 0 heterocycles. The first-order chi connectivity index (χ1) is 33.1. The predicted octanol–water partition coefficient (Wildman–Crippen LogP) is 8.30. The van der Waals surface area contributed by atoms with E-state index in [1.165, 1.54) is 52.8 Å². The molecule has 340 valence electrons. The summed E-state index contributed by atoms with van der Waals surface area (Å²) < 4.78 is 9.68. The number of rotatable bonds is 5. The number of carbonyl (C=O) groups excluding carboxylic acids is 4. The van der Waals surface area contributed by atoms with E-state index >= 15 is 0 Å². The Bertz CT molecular complexity index is 3140. The number of benzene rings is 6. The molecule has 0 fully saturated rings. The van der Waals surface area contributed by atoms with Gasteiger partial charge in [-0.2, -0.15) is 0 Å². The third-order valence-corrected chi connectivity index (χ3v) is 13.9. The summed E-state index contributed by atoms with van der Waals surface area (Å²) in [7, 11) is 0. The van der Waals surface area contributed by atoms with Crippen molar-refractivity contribution in [2.75, 3.05) is 12.1 Å². The molecule has 1 atom stereocenters. The minimum Gasteiger partial charge on any atom is -0.872 e. The quantitative estimate of drug-likeness (QED) is 0.0741. The fraction of sp³-hybridized carbons (Fsp3) is 0.200. The zero-order valence-corrected chi connectivity index (χ0v) is 40.7. The molecule has 6 aliphatic rings. The molecule has 6 aliphatic carbocycles. The van der Waals surface area contributed by atoms with Crippen molar-refractivity contribution in [2.45, 2.75) is 58.8 Å². The second kappa shape index (κ2) is 21.4. The summed E-state index contributed by atoms with van der Waals surface area (Å²) in [6.45, 7) is 2.84. The number of alkyl halides is 1. The van der Waals surface area contributed by atoms with Crippen molar-refractivity contribution in [1.82, 2.24) is 0 Å². The Balaban J connectivity index is 0.000000132. The van der Waals surface area contributed by atoms with E-state index in [4.69, 9.17) is 4.74 Å². The normalized spacial score (nSPS) is 18.2. The van der Waals surface area contributed by atoms with Crippen molar-refractivity contribution in [3.05, 3.63) is 236 Å². The summed E-state index contributed by atoms with van der Waals surface area (Å²) in [5.74, 6) is -0.111. The van der Waals surface area contributed by atoms with Crippen LogP contribution in [0.1, 0.15) is 96.6 Å². The number of halogens is 1. The number of fused-ring (bicyclic) bond motifs is 6. The van der Waals surface area contributed by atoms with E-state index in [1.807, 2.05) is 78.9 Å². The molecule has 1 unspecified atom stereocenters. The first kappa shape index (κ1) is 48.9. The summed E-state index contributed by atoms with van der Waals surface area (Å²) in [5, 5.41) is 12.5. The third kappa shape index (κ3) is 9.85. The van der Waals surface area contributed by atoms with Gasteiger partial charge in [-0.3, -0.25) is 19.2 Å². The van der Waals surface area contributed by atoms with Crippen molar-refractivity contribution >= 4 is 61.9 Å². The molecule has 0 N–H and O–H groups in total. The van der Waals surface area contributed by atoms with Crippen LogP contribution in [0.25, 0.3) is 22.5 Å². The van der Waals surface area contributed by atoms with Gasteiger partial charge < -0.3 is 14.6 Å². The molecule has 0 saturated heterocycles. The van der Waals surface area contributed by atoms with Gasteiger partial charge in [-0.1, -0.05) is 164 Å². The number of hydrogen-bond donors (Lipinski definition) is 0. The van der Waals surface area contributed by atoms with Gasteiger partial charge in [-0.25, -0.2) is 0 Å². The Hall–Kier alpha value is -6.56. The molecule has 0 saturated carbocycles. The number of ketones is 2. The van der Waals surface area contributed by atoms with Gasteiger partial charge in [0, 0.05) is 37.0 Å². The van der Waals surface area contributed by atoms with E-state index in [0.717, 1.165) is 94.2 Å². The van der Waals surface area contributed by atoms with Crippen LogP contribution < -0.4 is 24.0 Å². The summed E-state index contributed by atoms with van der Waals surface area (Å²) in [5.41, 5.74) is 18.3. The number of esters is 2. The Labute approximate surface area is 424 Å². The van der Waals surface area contributed by atoms with Gasteiger partial charge in [0.05, 0.1) is 5.41 Å². The molecule has 12 rings (SSSR count).